The van der Waals surface area contributed by atoms with E-state index in [2.05, 4.69) is 28.6 Å². The van der Waals surface area contributed by atoms with Crippen molar-refractivity contribution in [1.29, 1.82) is 0 Å². The Kier molecular flexibility index (Phi) is 6.79. The molecule has 1 aliphatic rings. The van der Waals surface area contributed by atoms with Crippen molar-refractivity contribution in [1.82, 2.24) is 15.1 Å². The summed E-state index contributed by atoms with van der Waals surface area (Å²) >= 11 is 5.74. The van der Waals surface area contributed by atoms with E-state index in [-0.39, 0.29) is 6.04 Å². The van der Waals surface area contributed by atoms with E-state index < -0.39 is 39.5 Å². The predicted octanol–water partition coefficient (Wildman–Crippen LogP) is 6.23. The molecule has 1 aromatic heterocycles. The molecule has 1 heterocycles. The van der Waals surface area contributed by atoms with E-state index in [0.717, 1.165) is 43.3 Å². The van der Waals surface area contributed by atoms with Gasteiger partial charge in [0.05, 0.1) is 22.0 Å². The van der Waals surface area contributed by atoms with Crippen molar-refractivity contribution in [2.24, 2.45) is 5.92 Å². The average molecular weight is 476 g/mol. The molecule has 4 rings (SSSR count). The van der Waals surface area contributed by atoms with Crippen LogP contribution in [0.4, 0.5) is 13.2 Å². The molecule has 1 N–H and O–H groups in total. The number of hydrogen-bond donors (Lipinski definition) is 1. The molecule has 0 unspecified atom stereocenters. The number of hydrogen-bond acceptors (Lipinski definition) is 2. The summed E-state index contributed by atoms with van der Waals surface area (Å²) in [5.74, 6) is -4.36. The van der Waals surface area contributed by atoms with E-state index in [4.69, 9.17) is 11.6 Å². The van der Waals surface area contributed by atoms with Gasteiger partial charge in [0, 0.05) is 18.2 Å². The maximum Gasteiger partial charge on any atom is 0.256 e. The molecule has 174 valence electrons. The van der Waals surface area contributed by atoms with Crippen LogP contribution in [0.2, 0.25) is 5.02 Å². The Bertz CT molecular complexity index is 1140. The Balaban J connectivity index is 1.40. The Hall–Kier alpha value is -2.80. The fraction of sp³-hybridized carbons (Fsp3) is 0.360. The maximum atomic E-state index is 14.4. The molecule has 0 spiro atoms. The van der Waals surface area contributed by atoms with E-state index in [1.165, 1.54) is 0 Å². The van der Waals surface area contributed by atoms with E-state index >= 15 is 0 Å². The SMILES string of the molecule is Cc1cc(-c2ccccc2)n(CC2CCC(NC(=O)c3c(F)c(C)c(F)c(F)c3Cl)CC2)n1. The van der Waals surface area contributed by atoms with Crippen LogP contribution in [-0.4, -0.2) is 21.7 Å². The molecule has 0 atom stereocenters. The fourth-order valence-electron chi connectivity index (χ4n) is 4.47. The second kappa shape index (κ2) is 9.59. The van der Waals surface area contributed by atoms with Crippen molar-refractivity contribution in [2.45, 2.75) is 52.1 Å². The quantitative estimate of drug-likeness (QED) is 0.351. The third kappa shape index (κ3) is 4.78. The first kappa shape index (κ1) is 23.4. The Morgan fingerprint density at radius 3 is 2.39 bits per heavy atom. The lowest BCUT2D eigenvalue weighted by molar-refractivity contribution is 0.0915. The number of halogens is 4. The largest absolute Gasteiger partial charge is 0.349 e. The van der Waals surface area contributed by atoms with Gasteiger partial charge in [-0.3, -0.25) is 9.48 Å². The zero-order chi connectivity index (χ0) is 23.7. The lowest BCUT2D eigenvalue weighted by Crippen LogP contribution is -2.39. The van der Waals surface area contributed by atoms with Gasteiger partial charge in [-0.05, 0) is 57.1 Å². The highest BCUT2D eigenvalue weighted by Gasteiger charge is 2.29. The first-order valence-electron chi connectivity index (χ1n) is 11.0. The summed E-state index contributed by atoms with van der Waals surface area (Å²) < 4.78 is 44.1. The minimum absolute atomic E-state index is 0.189. The van der Waals surface area contributed by atoms with Gasteiger partial charge in [0.25, 0.3) is 5.91 Å². The smallest absolute Gasteiger partial charge is 0.256 e. The second-order valence-corrected chi connectivity index (χ2v) is 9.04. The molecule has 1 saturated carbocycles. The second-order valence-electron chi connectivity index (χ2n) is 8.67. The van der Waals surface area contributed by atoms with Gasteiger partial charge in [-0.15, -0.1) is 0 Å². The number of carbonyl (C=O) groups excluding carboxylic acids is 1. The number of carbonyl (C=O) groups is 1. The number of nitrogens with one attached hydrogen (secondary N) is 1. The van der Waals surface area contributed by atoms with Crippen molar-refractivity contribution in [2.75, 3.05) is 0 Å². The molecule has 0 aliphatic heterocycles. The number of aromatic nitrogens is 2. The molecule has 0 saturated heterocycles. The molecule has 8 heteroatoms. The van der Waals surface area contributed by atoms with Crippen molar-refractivity contribution in [3.05, 3.63) is 75.7 Å². The number of rotatable bonds is 5. The van der Waals surface area contributed by atoms with Gasteiger partial charge in [-0.25, -0.2) is 13.2 Å². The first-order chi connectivity index (χ1) is 15.8. The average Bonchev–Trinajstić information content (AvgIpc) is 3.18. The van der Waals surface area contributed by atoms with E-state index in [1.54, 1.807) is 0 Å². The molecule has 33 heavy (non-hydrogen) atoms. The third-order valence-electron chi connectivity index (χ3n) is 6.29. The van der Waals surface area contributed by atoms with Gasteiger partial charge in [-0.2, -0.15) is 5.10 Å². The van der Waals surface area contributed by atoms with Crippen molar-refractivity contribution in [3.8, 4) is 11.3 Å². The normalized spacial score (nSPS) is 18.4. The summed E-state index contributed by atoms with van der Waals surface area (Å²) in [7, 11) is 0. The van der Waals surface area contributed by atoms with Crippen LogP contribution < -0.4 is 5.32 Å². The van der Waals surface area contributed by atoms with Gasteiger partial charge < -0.3 is 5.32 Å². The van der Waals surface area contributed by atoms with E-state index in [9.17, 15) is 18.0 Å². The summed E-state index contributed by atoms with van der Waals surface area (Å²) in [4.78, 5) is 12.6. The van der Waals surface area contributed by atoms with Gasteiger partial charge in [0.15, 0.2) is 11.6 Å². The molecule has 0 radical (unpaired) electrons. The highest BCUT2D eigenvalue weighted by Crippen LogP contribution is 2.31. The van der Waals surface area contributed by atoms with E-state index in [1.807, 2.05) is 29.8 Å². The lowest BCUT2D eigenvalue weighted by Gasteiger charge is -2.29. The van der Waals surface area contributed by atoms with Gasteiger partial charge >= 0.3 is 0 Å². The highest BCUT2D eigenvalue weighted by atomic mass is 35.5. The van der Waals surface area contributed by atoms with Crippen LogP contribution in [0, 0.1) is 37.2 Å². The van der Waals surface area contributed by atoms with Crippen molar-refractivity contribution >= 4 is 17.5 Å². The fourth-order valence-corrected chi connectivity index (χ4v) is 4.72. The highest BCUT2D eigenvalue weighted by molar-refractivity contribution is 6.34. The zero-order valence-electron chi connectivity index (χ0n) is 18.5. The monoisotopic (exact) mass is 475 g/mol. The van der Waals surface area contributed by atoms with Crippen LogP contribution in [0.15, 0.2) is 36.4 Å². The predicted molar refractivity (Wildman–Crippen MR) is 122 cm³/mol. The van der Waals surface area contributed by atoms with Gasteiger partial charge in [0.1, 0.15) is 5.82 Å². The van der Waals surface area contributed by atoms with Crippen LogP contribution in [0.25, 0.3) is 11.3 Å². The summed E-state index contributed by atoms with van der Waals surface area (Å²) in [6.07, 6.45) is 3.09. The minimum Gasteiger partial charge on any atom is -0.349 e. The van der Waals surface area contributed by atoms with Crippen molar-refractivity contribution in [3.63, 3.8) is 0 Å². The first-order valence-corrected chi connectivity index (χ1v) is 11.4. The summed E-state index contributed by atoms with van der Waals surface area (Å²) in [6.45, 7) is 3.81. The standard InChI is InChI=1S/C25H25ClF3N3O/c1-14-12-19(17-6-4-3-5-7-17)32(31-14)13-16-8-10-18(11-9-16)30-25(33)20-21(26)24(29)23(28)15(2)22(20)27/h3-7,12,16,18H,8-11,13H2,1-2H3,(H,30,33). The molecule has 3 aromatic rings. The third-order valence-corrected chi connectivity index (χ3v) is 6.65. The lowest BCUT2D eigenvalue weighted by atomic mass is 9.85. The summed E-state index contributed by atoms with van der Waals surface area (Å²) in [5, 5.41) is 6.57. The van der Waals surface area contributed by atoms with Gasteiger partial charge in [-0.1, -0.05) is 41.9 Å². The van der Waals surface area contributed by atoms with Crippen LogP contribution in [0.3, 0.4) is 0 Å². The zero-order valence-corrected chi connectivity index (χ0v) is 19.2. The Labute approximate surface area is 195 Å². The molecule has 0 bridgehead atoms. The van der Waals surface area contributed by atoms with Crippen LogP contribution in [0.1, 0.15) is 47.3 Å². The summed E-state index contributed by atoms with van der Waals surface area (Å²) in [5.41, 5.74) is 1.93. The summed E-state index contributed by atoms with van der Waals surface area (Å²) in [6, 6.07) is 12.0. The van der Waals surface area contributed by atoms with Gasteiger partial charge in [0.2, 0.25) is 0 Å². The minimum atomic E-state index is -1.41. The maximum absolute atomic E-state index is 14.4. The number of nitrogens with zero attached hydrogens (tertiary/aromatic N) is 2. The van der Waals surface area contributed by atoms with Crippen LogP contribution >= 0.6 is 11.6 Å². The Morgan fingerprint density at radius 1 is 1.06 bits per heavy atom. The molecular weight excluding hydrogens is 451 g/mol. The van der Waals surface area contributed by atoms with Crippen molar-refractivity contribution < 1.29 is 18.0 Å². The molecule has 1 aliphatic carbocycles. The molecule has 1 fully saturated rings. The number of amides is 1. The Morgan fingerprint density at radius 2 is 1.73 bits per heavy atom. The molecule has 2 aromatic carbocycles. The number of aryl methyl sites for hydroxylation is 1. The topological polar surface area (TPSA) is 46.9 Å². The number of benzene rings is 2. The molecule has 4 nitrogen and oxygen atoms in total. The van der Waals surface area contributed by atoms with E-state index in [0.29, 0.717) is 18.8 Å². The van der Waals surface area contributed by atoms with Crippen LogP contribution in [0.5, 0.6) is 0 Å². The molecular formula is C25H25ClF3N3O. The molecule has 1 amide bonds. The van der Waals surface area contributed by atoms with Crippen LogP contribution in [-0.2, 0) is 6.54 Å².